The van der Waals surface area contributed by atoms with Crippen molar-refractivity contribution in [3.05, 3.63) is 74.2 Å². The van der Waals surface area contributed by atoms with Gasteiger partial charge in [0, 0.05) is 22.5 Å². The lowest BCUT2D eigenvalue weighted by Gasteiger charge is -2.13. The van der Waals surface area contributed by atoms with E-state index in [1.54, 1.807) is 30.5 Å². The Bertz CT molecular complexity index is 1020. The van der Waals surface area contributed by atoms with Gasteiger partial charge in [0.05, 0.1) is 21.7 Å². The summed E-state index contributed by atoms with van der Waals surface area (Å²) < 4.78 is 2.28. The molecule has 2 heterocycles. The molecule has 134 valence electrons. The third-order valence-electron chi connectivity index (χ3n) is 3.66. The van der Waals surface area contributed by atoms with Gasteiger partial charge in [-0.15, -0.1) is 11.8 Å². The van der Waals surface area contributed by atoms with Gasteiger partial charge in [0.2, 0.25) is 5.91 Å². The summed E-state index contributed by atoms with van der Waals surface area (Å²) in [7, 11) is 0. The summed E-state index contributed by atoms with van der Waals surface area (Å²) in [6.45, 7) is 1.81. The zero-order chi connectivity index (χ0) is 18.7. The summed E-state index contributed by atoms with van der Waals surface area (Å²) >= 11 is 10.8. The van der Waals surface area contributed by atoms with Crippen LogP contribution in [0.1, 0.15) is 12.6 Å². The molecule has 1 atom stereocenters. The topological polar surface area (TPSA) is 63.5 Å². The first-order valence-electron chi connectivity index (χ1n) is 7.79. The average Bonchev–Trinajstić information content (AvgIpc) is 2.62. The minimum absolute atomic E-state index is 0.149. The zero-order valence-electron chi connectivity index (χ0n) is 13.8. The van der Waals surface area contributed by atoms with Gasteiger partial charge >= 0.3 is 0 Å². The quantitative estimate of drug-likeness (QED) is 0.624. The van der Waals surface area contributed by atoms with Crippen molar-refractivity contribution in [2.75, 3.05) is 5.32 Å². The highest BCUT2D eigenvalue weighted by Crippen LogP contribution is 2.23. The van der Waals surface area contributed by atoms with Crippen LogP contribution in [0.4, 0.5) is 5.69 Å². The van der Waals surface area contributed by atoms with Crippen molar-refractivity contribution in [2.24, 2.45) is 0 Å². The van der Waals surface area contributed by atoms with Crippen LogP contribution < -0.4 is 10.9 Å². The summed E-state index contributed by atoms with van der Waals surface area (Å²) in [5.74, 6) is 0.309. The first-order chi connectivity index (χ1) is 12.4. The van der Waals surface area contributed by atoms with Crippen LogP contribution in [0.25, 0.3) is 5.65 Å². The summed E-state index contributed by atoms with van der Waals surface area (Å²) in [5, 5.41) is 2.98. The van der Waals surface area contributed by atoms with Gasteiger partial charge in [0.1, 0.15) is 5.65 Å². The number of pyridine rings is 1. The number of nitrogens with zero attached hydrogens (tertiary/aromatic N) is 2. The molecule has 3 rings (SSSR count). The molecule has 0 saturated heterocycles. The van der Waals surface area contributed by atoms with E-state index in [-0.39, 0.29) is 16.7 Å². The van der Waals surface area contributed by atoms with Gasteiger partial charge in [-0.1, -0.05) is 23.7 Å². The van der Waals surface area contributed by atoms with E-state index < -0.39 is 0 Å². The maximum absolute atomic E-state index is 12.3. The van der Waals surface area contributed by atoms with Crippen molar-refractivity contribution in [1.82, 2.24) is 9.38 Å². The van der Waals surface area contributed by atoms with Gasteiger partial charge in [-0.25, -0.2) is 4.98 Å². The molecule has 0 bridgehead atoms. The Hall–Kier alpha value is -1.83. The Labute approximate surface area is 167 Å². The minimum Gasteiger partial charge on any atom is -0.324 e. The Balaban J connectivity index is 1.67. The van der Waals surface area contributed by atoms with Gasteiger partial charge in [-0.3, -0.25) is 14.0 Å². The fraction of sp³-hybridized carbons (Fsp3) is 0.167. The maximum atomic E-state index is 12.3. The van der Waals surface area contributed by atoms with Crippen LogP contribution in [0.15, 0.2) is 57.9 Å². The van der Waals surface area contributed by atoms with E-state index in [2.05, 4.69) is 26.2 Å². The number of para-hydroxylation sites is 1. The van der Waals surface area contributed by atoms with Crippen molar-refractivity contribution >= 4 is 56.5 Å². The highest BCUT2D eigenvalue weighted by molar-refractivity contribution is 9.10. The average molecular weight is 453 g/mol. The molecule has 1 amide bonds. The Morgan fingerprint density at radius 3 is 2.88 bits per heavy atom. The number of aromatic nitrogens is 2. The Morgan fingerprint density at radius 1 is 1.35 bits per heavy atom. The van der Waals surface area contributed by atoms with Gasteiger partial charge in [0.15, 0.2) is 0 Å². The number of hydrogen-bond acceptors (Lipinski definition) is 4. The highest BCUT2D eigenvalue weighted by Gasteiger charge is 2.15. The van der Waals surface area contributed by atoms with E-state index in [4.69, 9.17) is 11.6 Å². The van der Waals surface area contributed by atoms with E-state index in [9.17, 15) is 9.59 Å². The van der Waals surface area contributed by atoms with Gasteiger partial charge in [0.25, 0.3) is 5.56 Å². The van der Waals surface area contributed by atoms with Crippen molar-refractivity contribution < 1.29 is 4.79 Å². The molecule has 3 aromatic rings. The van der Waals surface area contributed by atoms with Crippen LogP contribution in [0.5, 0.6) is 0 Å². The molecule has 0 saturated carbocycles. The first kappa shape index (κ1) is 18.9. The summed E-state index contributed by atoms with van der Waals surface area (Å²) in [6.07, 6.45) is 1.68. The minimum atomic E-state index is -0.323. The molecule has 1 N–H and O–H groups in total. The number of thioether (sulfide) groups is 1. The molecule has 0 aliphatic carbocycles. The molecule has 0 spiro atoms. The predicted molar refractivity (Wildman–Crippen MR) is 110 cm³/mol. The second-order valence-corrected chi connectivity index (χ2v) is 8.24. The van der Waals surface area contributed by atoms with Gasteiger partial charge < -0.3 is 5.32 Å². The SMILES string of the molecule is C[C@H](SCc1cc(=O)n2cc(Br)ccc2n1)C(=O)Nc1ccccc1Cl. The third kappa shape index (κ3) is 4.47. The first-order valence-corrected chi connectivity index (χ1v) is 10.0. The smallest absolute Gasteiger partial charge is 0.258 e. The largest absolute Gasteiger partial charge is 0.324 e. The molecule has 8 heteroatoms. The van der Waals surface area contributed by atoms with Crippen LogP contribution >= 0.6 is 39.3 Å². The molecule has 26 heavy (non-hydrogen) atoms. The van der Waals surface area contributed by atoms with Crippen LogP contribution in [0.3, 0.4) is 0 Å². The Kier molecular flexibility index (Phi) is 6.01. The third-order valence-corrected chi connectivity index (χ3v) is 5.63. The molecule has 2 aromatic heterocycles. The monoisotopic (exact) mass is 451 g/mol. The van der Waals surface area contributed by atoms with Crippen LogP contribution in [-0.2, 0) is 10.5 Å². The van der Waals surface area contributed by atoms with Crippen LogP contribution in [-0.4, -0.2) is 20.5 Å². The highest BCUT2D eigenvalue weighted by atomic mass is 79.9. The van der Waals surface area contributed by atoms with Crippen LogP contribution in [0, 0.1) is 0 Å². The fourth-order valence-corrected chi connectivity index (χ4v) is 3.58. The predicted octanol–water partition coefficient (Wildman–Crippen LogP) is 4.37. The summed E-state index contributed by atoms with van der Waals surface area (Å²) in [4.78, 5) is 29.0. The van der Waals surface area contributed by atoms with E-state index in [0.29, 0.717) is 27.8 Å². The van der Waals surface area contributed by atoms with Crippen molar-refractivity contribution in [1.29, 1.82) is 0 Å². The number of anilines is 1. The normalized spacial score (nSPS) is 12.1. The number of nitrogens with one attached hydrogen (secondary N) is 1. The number of rotatable bonds is 5. The number of halogens is 2. The molecule has 5 nitrogen and oxygen atoms in total. The second-order valence-electron chi connectivity index (χ2n) is 5.58. The van der Waals surface area contributed by atoms with Gasteiger partial charge in [-0.05, 0) is 47.1 Å². The lowest BCUT2D eigenvalue weighted by atomic mass is 10.3. The molecule has 1 aromatic carbocycles. The van der Waals surface area contributed by atoms with Crippen molar-refractivity contribution in [3.63, 3.8) is 0 Å². The number of hydrogen-bond donors (Lipinski definition) is 1. The number of carbonyl (C=O) groups excluding carboxylic acids is 1. The van der Waals surface area contributed by atoms with E-state index in [0.717, 1.165) is 4.47 Å². The zero-order valence-corrected chi connectivity index (χ0v) is 16.9. The number of benzene rings is 1. The lowest BCUT2D eigenvalue weighted by Crippen LogP contribution is -2.23. The standard InChI is InChI=1S/C18H15BrClN3O2S/c1-11(18(25)22-15-5-3-2-4-14(15)20)26-10-13-8-17(24)23-9-12(19)6-7-16(23)21-13/h2-9,11H,10H2,1H3,(H,22,25)/t11-/m0/s1. The molecule has 0 aliphatic heterocycles. The van der Waals surface area contributed by atoms with E-state index in [1.165, 1.54) is 22.2 Å². The molecule has 0 unspecified atom stereocenters. The second kappa shape index (κ2) is 8.24. The number of fused-ring (bicyclic) bond motifs is 1. The Morgan fingerprint density at radius 2 is 2.12 bits per heavy atom. The molecule has 0 fully saturated rings. The molecular formula is C18H15BrClN3O2S. The van der Waals surface area contributed by atoms with Crippen molar-refractivity contribution in [3.8, 4) is 0 Å². The van der Waals surface area contributed by atoms with Crippen molar-refractivity contribution in [2.45, 2.75) is 17.9 Å². The maximum Gasteiger partial charge on any atom is 0.258 e. The lowest BCUT2D eigenvalue weighted by molar-refractivity contribution is -0.115. The van der Waals surface area contributed by atoms with Crippen LogP contribution in [0.2, 0.25) is 5.02 Å². The number of carbonyl (C=O) groups is 1. The number of amides is 1. The molecular weight excluding hydrogens is 438 g/mol. The van der Waals surface area contributed by atoms with Gasteiger partial charge in [-0.2, -0.15) is 0 Å². The summed E-state index contributed by atoms with van der Waals surface area (Å²) in [6, 6.07) is 12.2. The molecule has 0 aliphatic rings. The fourth-order valence-electron chi connectivity index (χ4n) is 2.28. The summed E-state index contributed by atoms with van der Waals surface area (Å²) in [5.41, 5.74) is 1.64. The van der Waals surface area contributed by atoms with E-state index in [1.807, 2.05) is 19.1 Å². The van der Waals surface area contributed by atoms with E-state index >= 15 is 0 Å². The molecule has 0 radical (unpaired) electrons.